The molecule has 0 saturated carbocycles. The van der Waals surface area contributed by atoms with Crippen molar-refractivity contribution in [3.8, 4) is 12.0 Å². The minimum atomic E-state index is -4.38. The van der Waals surface area contributed by atoms with Gasteiger partial charge in [-0.2, -0.15) is 8.42 Å². The van der Waals surface area contributed by atoms with Crippen molar-refractivity contribution in [3.05, 3.63) is 0 Å². The van der Waals surface area contributed by atoms with E-state index in [9.17, 15) is 8.42 Å². The molecular weight excluding hydrogens is 288 g/mol. The van der Waals surface area contributed by atoms with E-state index in [0.717, 1.165) is 19.3 Å². The molecule has 0 aromatic carbocycles. The minimum Gasteiger partial charge on any atom is -0.444 e. The van der Waals surface area contributed by atoms with Gasteiger partial charge >= 0.3 is 10.4 Å². The highest BCUT2D eigenvalue weighted by Crippen LogP contribution is 1.90. The van der Waals surface area contributed by atoms with Crippen LogP contribution >= 0.6 is 0 Å². The first-order valence-corrected chi connectivity index (χ1v) is 7.79. The first-order chi connectivity index (χ1) is 9.56. The fourth-order valence-corrected chi connectivity index (χ4v) is 1.32. The molecule has 0 heterocycles. The van der Waals surface area contributed by atoms with Gasteiger partial charge in [0.25, 0.3) is 0 Å². The molecule has 0 atom stereocenters. The van der Waals surface area contributed by atoms with Crippen molar-refractivity contribution in [2.45, 2.75) is 26.2 Å². The van der Waals surface area contributed by atoms with E-state index in [0.29, 0.717) is 26.4 Å². The van der Waals surface area contributed by atoms with Crippen LogP contribution in [-0.2, 0) is 28.8 Å². The normalized spacial score (nSPS) is 10.9. The molecule has 0 radical (unpaired) electrons. The molecule has 1 N–H and O–H groups in total. The molecule has 0 bridgehead atoms. The summed E-state index contributed by atoms with van der Waals surface area (Å²) < 4.78 is 47.9. The van der Waals surface area contributed by atoms with E-state index in [1.54, 1.807) is 0 Å². The first-order valence-electron chi connectivity index (χ1n) is 6.43. The van der Waals surface area contributed by atoms with Crippen LogP contribution in [-0.4, -0.2) is 52.6 Å². The number of ether oxygens (including phenoxy) is 3. The second-order valence-corrected chi connectivity index (χ2v) is 4.80. The summed E-state index contributed by atoms with van der Waals surface area (Å²) in [4.78, 5) is 0. The highest BCUT2D eigenvalue weighted by atomic mass is 32.3. The van der Waals surface area contributed by atoms with Gasteiger partial charge in [-0.15, -0.1) is 0 Å². The maximum Gasteiger partial charge on any atom is 0.397 e. The lowest BCUT2D eigenvalue weighted by atomic mass is 10.3. The van der Waals surface area contributed by atoms with E-state index in [4.69, 9.17) is 18.8 Å². The van der Waals surface area contributed by atoms with Crippen LogP contribution in [0.25, 0.3) is 0 Å². The molecule has 0 rings (SSSR count). The van der Waals surface area contributed by atoms with E-state index in [-0.39, 0.29) is 13.2 Å². The lowest BCUT2D eigenvalue weighted by molar-refractivity contribution is 0.0241. The maximum atomic E-state index is 10.2. The summed E-state index contributed by atoms with van der Waals surface area (Å²) in [5, 5.41) is 0. The van der Waals surface area contributed by atoms with Crippen molar-refractivity contribution in [1.82, 2.24) is 0 Å². The Morgan fingerprint density at radius 1 is 1.00 bits per heavy atom. The molecule has 0 aliphatic carbocycles. The van der Waals surface area contributed by atoms with Crippen LogP contribution < -0.4 is 0 Å². The Kier molecular flexibility index (Phi) is 12.6. The largest absolute Gasteiger partial charge is 0.444 e. The van der Waals surface area contributed by atoms with Crippen molar-refractivity contribution in [3.63, 3.8) is 0 Å². The lowest BCUT2D eigenvalue weighted by Crippen LogP contribution is -2.13. The topological polar surface area (TPSA) is 91.3 Å². The maximum absolute atomic E-state index is 10.2. The van der Waals surface area contributed by atoms with Gasteiger partial charge < -0.3 is 14.2 Å². The summed E-state index contributed by atoms with van der Waals surface area (Å²) in [6, 6.07) is 0. The SMILES string of the molecule is CCCCC#COCCOCCOCCOS(=O)(=O)O. The number of hydrogen-bond donors (Lipinski definition) is 1. The summed E-state index contributed by atoms with van der Waals surface area (Å²) in [6.45, 7) is 3.40. The molecule has 0 aromatic rings. The molecule has 0 amide bonds. The fourth-order valence-electron chi connectivity index (χ4n) is 1.04. The van der Waals surface area contributed by atoms with Crippen LogP contribution in [0.2, 0.25) is 0 Å². The van der Waals surface area contributed by atoms with E-state index >= 15 is 0 Å². The molecule has 0 aromatic heterocycles. The average Bonchev–Trinajstić information content (AvgIpc) is 2.38. The van der Waals surface area contributed by atoms with Crippen molar-refractivity contribution in [1.29, 1.82) is 0 Å². The second kappa shape index (κ2) is 13.1. The van der Waals surface area contributed by atoms with E-state index < -0.39 is 10.4 Å². The Morgan fingerprint density at radius 3 is 2.20 bits per heavy atom. The Labute approximate surface area is 120 Å². The summed E-state index contributed by atoms with van der Waals surface area (Å²) in [7, 11) is -4.38. The predicted molar refractivity (Wildman–Crippen MR) is 72.4 cm³/mol. The summed E-state index contributed by atoms with van der Waals surface area (Å²) >= 11 is 0. The molecule has 118 valence electrons. The van der Waals surface area contributed by atoms with Gasteiger partial charge in [-0.3, -0.25) is 4.55 Å². The number of hydrogen-bond acceptors (Lipinski definition) is 6. The van der Waals surface area contributed by atoms with Gasteiger partial charge in [0.2, 0.25) is 0 Å². The van der Waals surface area contributed by atoms with Gasteiger partial charge in [0, 0.05) is 6.42 Å². The van der Waals surface area contributed by atoms with E-state index in [1.165, 1.54) is 0 Å². The fraction of sp³-hybridized carbons (Fsp3) is 0.833. The second-order valence-electron chi connectivity index (χ2n) is 3.71. The zero-order valence-electron chi connectivity index (χ0n) is 11.7. The van der Waals surface area contributed by atoms with E-state index in [2.05, 4.69) is 23.1 Å². The number of rotatable bonds is 12. The molecule has 0 aliphatic heterocycles. The zero-order chi connectivity index (χ0) is 15.1. The number of unbranched alkanes of at least 4 members (excludes halogenated alkanes) is 2. The van der Waals surface area contributed by atoms with Gasteiger partial charge in [-0.25, -0.2) is 4.18 Å². The van der Waals surface area contributed by atoms with Crippen LogP contribution in [0.5, 0.6) is 0 Å². The van der Waals surface area contributed by atoms with Crippen LogP contribution in [0.4, 0.5) is 0 Å². The standard InChI is InChI=1S/C12H22O7S/c1-2-3-4-5-6-16-7-8-17-9-10-18-11-12-19-20(13,14)15/h2-4,7-12H2,1H3,(H,13,14,15). The van der Waals surface area contributed by atoms with Crippen LogP contribution in [0.1, 0.15) is 26.2 Å². The van der Waals surface area contributed by atoms with Gasteiger partial charge in [0.05, 0.1) is 33.0 Å². The molecule has 20 heavy (non-hydrogen) atoms. The quantitative estimate of drug-likeness (QED) is 0.327. The van der Waals surface area contributed by atoms with Crippen molar-refractivity contribution < 1.29 is 31.4 Å². The van der Waals surface area contributed by atoms with Crippen molar-refractivity contribution in [2.24, 2.45) is 0 Å². The first kappa shape index (κ1) is 19.1. The molecule has 8 heteroatoms. The van der Waals surface area contributed by atoms with Crippen LogP contribution in [0.15, 0.2) is 0 Å². The average molecular weight is 310 g/mol. The molecular formula is C12H22O7S. The zero-order valence-corrected chi connectivity index (χ0v) is 12.5. The van der Waals surface area contributed by atoms with Crippen LogP contribution in [0.3, 0.4) is 0 Å². The monoisotopic (exact) mass is 310 g/mol. The lowest BCUT2D eigenvalue weighted by Gasteiger charge is -2.04. The third-order valence-corrected chi connectivity index (χ3v) is 2.43. The molecule has 0 spiro atoms. The van der Waals surface area contributed by atoms with Crippen LogP contribution in [0, 0.1) is 12.0 Å². The summed E-state index contributed by atoms with van der Waals surface area (Å²) in [5.41, 5.74) is 0. The third kappa shape index (κ3) is 17.2. The Bertz CT molecular complexity index is 369. The smallest absolute Gasteiger partial charge is 0.397 e. The van der Waals surface area contributed by atoms with Crippen molar-refractivity contribution >= 4 is 10.4 Å². The van der Waals surface area contributed by atoms with Gasteiger partial charge in [0.1, 0.15) is 12.7 Å². The predicted octanol–water partition coefficient (Wildman–Crippen LogP) is 1.01. The van der Waals surface area contributed by atoms with Gasteiger partial charge in [0.15, 0.2) is 0 Å². The third-order valence-electron chi connectivity index (χ3n) is 1.96. The molecule has 7 nitrogen and oxygen atoms in total. The Balaban J connectivity index is 3.15. The Morgan fingerprint density at radius 2 is 1.60 bits per heavy atom. The molecule has 0 unspecified atom stereocenters. The van der Waals surface area contributed by atoms with Gasteiger partial charge in [-0.1, -0.05) is 19.3 Å². The van der Waals surface area contributed by atoms with Gasteiger partial charge in [-0.05, 0) is 6.42 Å². The minimum absolute atomic E-state index is 0.0581. The molecule has 0 saturated heterocycles. The Hall–Kier alpha value is -0.850. The summed E-state index contributed by atoms with van der Waals surface area (Å²) in [5.74, 6) is 2.89. The van der Waals surface area contributed by atoms with Crippen molar-refractivity contribution in [2.75, 3.05) is 39.6 Å². The van der Waals surface area contributed by atoms with E-state index in [1.807, 2.05) is 0 Å². The molecule has 0 aliphatic rings. The molecule has 0 fully saturated rings. The highest BCUT2D eigenvalue weighted by Gasteiger charge is 2.02. The highest BCUT2D eigenvalue weighted by molar-refractivity contribution is 7.80. The summed E-state index contributed by atoms with van der Waals surface area (Å²) in [6.07, 6.45) is 5.63.